The number of rotatable bonds is 8. The number of hydrogen-bond acceptors (Lipinski definition) is 2. The van der Waals surface area contributed by atoms with Gasteiger partial charge in [0.15, 0.2) is 5.41 Å². The molecule has 0 heterocycles. The molecular formula is C18H26O4. The fourth-order valence-corrected chi connectivity index (χ4v) is 3.75. The van der Waals surface area contributed by atoms with Gasteiger partial charge in [0.2, 0.25) is 0 Å². The van der Waals surface area contributed by atoms with E-state index in [0.717, 1.165) is 5.56 Å². The van der Waals surface area contributed by atoms with Gasteiger partial charge in [-0.2, -0.15) is 0 Å². The Morgan fingerprint density at radius 1 is 1.00 bits per heavy atom. The van der Waals surface area contributed by atoms with Gasteiger partial charge in [-0.25, -0.2) is 0 Å². The molecule has 0 aliphatic carbocycles. The molecule has 4 nitrogen and oxygen atoms in total. The number of hydrogen-bond donors (Lipinski definition) is 2. The molecule has 2 N–H and O–H groups in total. The molecule has 0 unspecified atom stereocenters. The van der Waals surface area contributed by atoms with Crippen molar-refractivity contribution in [1.82, 2.24) is 0 Å². The Balaban J connectivity index is 3.71. The van der Waals surface area contributed by atoms with Gasteiger partial charge in [-0.15, -0.1) is 0 Å². The zero-order chi connectivity index (χ0) is 17.0. The van der Waals surface area contributed by atoms with Crippen LogP contribution in [0.25, 0.3) is 0 Å². The van der Waals surface area contributed by atoms with Crippen molar-refractivity contribution in [3.05, 3.63) is 35.9 Å². The maximum absolute atomic E-state index is 12.2. The largest absolute Gasteiger partial charge is 0.480 e. The SMILES string of the molecule is CCC(CC)(c1ccccc1)C(CC(C)C)(C(=O)O)C(=O)O. The first-order valence-electron chi connectivity index (χ1n) is 7.80. The Labute approximate surface area is 132 Å². The van der Waals surface area contributed by atoms with E-state index in [-0.39, 0.29) is 12.3 Å². The van der Waals surface area contributed by atoms with Crippen molar-refractivity contribution in [2.45, 2.75) is 52.4 Å². The highest BCUT2D eigenvalue weighted by atomic mass is 16.4. The van der Waals surface area contributed by atoms with Crippen LogP contribution >= 0.6 is 0 Å². The first kappa shape index (κ1) is 18.2. The van der Waals surface area contributed by atoms with Crippen LogP contribution in [-0.4, -0.2) is 22.2 Å². The molecule has 1 aromatic rings. The second-order valence-electron chi connectivity index (χ2n) is 6.27. The third-order valence-corrected chi connectivity index (χ3v) is 4.80. The summed E-state index contributed by atoms with van der Waals surface area (Å²) in [5, 5.41) is 19.8. The molecule has 22 heavy (non-hydrogen) atoms. The van der Waals surface area contributed by atoms with Gasteiger partial charge in [-0.1, -0.05) is 58.0 Å². The van der Waals surface area contributed by atoms with Crippen LogP contribution in [0.4, 0.5) is 0 Å². The van der Waals surface area contributed by atoms with Crippen molar-refractivity contribution in [2.24, 2.45) is 11.3 Å². The van der Waals surface area contributed by atoms with Crippen LogP contribution in [0.2, 0.25) is 0 Å². The van der Waals surface area contributed by atoms with E-state index in [0.29, 0.717) is 12.8 Å². The fourth-order valence-electron chi connectivity index (χ4n) is 3.75. The average Bonchev–Trinajstić information content (AvgIpc) is 2.47. The summed E-state index contributed by atoms with van der Waals surface area (Å²) < 4.78 is 0. The lowest BCUT2D eigenvalue weighted by Crippen LogP contribution is -2.56. The lowest BCUT2D eigenvalue weighted by Gasteiger charge is -2.46. The number of carbonyl (C=O) groups is 2. The zero-order valence-corrected chi connectivity index (χ0v) is 13.8. The monoisotopic (exact) mass is 306 g/mol. The second kappa shape index (κ2) is 6.95. The Morgan fingerprint density at radius 2 is 1.45 bits per heavy atom. The van der Waals surface area contributed by atoms with Crippen LogP contribution in [0.15, 0.2) is 30.3 Å². The molecule has 122 valence electrons. The van der Waals surface area contributed by atoms with E-state index in [2.05, 4.69) is 0 Å². The van der Waals surface area contributed by atoms with Crippen molar-refractivity contribution in [3.8, 4) is 0 Å². The van der Waals surface area contributed by atoms with E-state index >= 15 is 0 Å². The predicted octanol–water partition coefficient (Wildman–Crippen LogP) is 3.95. The van der Waals surface area contributed by atoms with Crippen LogP contribution in [0.3, 0.4) is 0 Å². The van der Waals surface area contributed by atoms with E-state index in [1.54, 1.807) is 0 Å². The molecule has 4 heteroatoms. The standard InChI is InChI=1S/C18H26O4/c1-5-17(6-2,14-10-8-7-9-11-14)18(15(19)20,16(21)22)12-13(3)4/h7-11,13H,5-6,12H2,1-4H3,(H,19,20)(H,21,22). The molecule has 0 bridgehead atoms. The van der Waals surface area contributed by atoms with Gasteiger partial charge >= 0.3 is 11.9 Å². The van der Waals surface area contributed by atoms with Gasteiger partial charge in [-0.3, -0.25) is 9.59 Å². The Bertz CT molecular complexity index is 501. The van der Waals surface area contributed by atoms with Crippen LogP contribution in [0, 0.1) is 11.3 Å². The summed E-state index contributed by atoms with van der Waals surface area (Å²) in [7, 11) is 0. The van der Waals surface area contributed by atoms with Crippen molar-refractivity contribution >= 4 is 11.9 Å². The topological polar surface area (TPSA) is 74.6 Å². The van der Waals surface area contributed by atoms with Crippen LogP contribution in [0.5, 0.6) is 0 Å². The summed E-state index contributed by atoms with van der Waals surface area (Å²) in [4.78, 5) is 24.3. The highest BCUT2D eigenvalue weighted by molar-refractivity contribution is 6.00. The maximum atomic E-state index is 12.2. The molecule has 0 radical (unpaired) electrons. The van der Waals surface area contributed by atoms with Crippen molar-refractivity contribution in [2.75, 3.05) is 0 Å². The molecule has 0 saturated carbocycles. The van der Waals surface area contributed by atoms with E-state index in [1.807, 2.05) is 58.0 Å². The van der Waals surface area contributed by atoms with Crippen molar-refractivity contribution in [3.63, 3.8) is 0 Å². The lowest BCUT2D eigenvalue weighted by atomic mass is 9.54. The van der Waals surface area contributed by atoms with Gasteiger partial charge in [0.25, 0.3) is 0 Å². The third kappa shape index (κ3) is 2.74. The highest BCUT2D eigenvalue weighted by Gasteiger charge is 2.61. The normalized spacial score (nSPS) is 12.4. The van der Waals surface area contributed by atoms with E-state index < -0.39 is 22.8 Å². The molecule has 0 atom stereocenters. The van der Waals surface area contributed by atoms with E-state index in [1.165, 1.54) is 0 Å². The predicted molar refractivity (Wildman–Crippen MR) is 85.9 cm³/mol. The first-order chi connectivity index (χ1) is 10.3. The minimum atomic E-state index is -1.83. The zero-order valence-electron chi connectivity index (χ0n) is 13.8. The molecule has 0 aromatic heterocycles. The average molecular weight is 306 g/mol. The third-order valence-electron chi connectivity index (χ3n) is 4.80. The minimum absolute atomic E-state index is 0.0339. The summed E-state index contributed by atoms with van der Waals surface area (Å²) >= 11 is 0. The summed E-state index contributed by atoms with van der Waals surface area (Å²) in [5.41, 5.74) is -1.98. The quantitative estimate of drug-likeness (QED) is 0.713. The molecule has 1 rings (SSSR count). The van der Waals surface area contributed by atoms with Crippen molar-refractivity contribution in [1.29, 1.82) is 0 Å². The van der Waals surface area contributed by atoms with Gasteiger partial charge in [0.1, 0.15) is 0 Å². The van der Waals surface area contributed by atoms with Gasteiger partial charge in [0, 0.05) is 5.41 Å². The number of carboxylic acids is 2. The number of carboxylic acid groups (broad SMARTS) is 2. The smallest absolute Gasteiger partial charge is 0.321 e. The summed E-state index contributed by atoms with van der Waals surface area (Å²) in [6.07, 6.45) is 1.02. The van der Waals surface area contributed by atoms with E-state index in [9.17, 15) is 19.8 Å². The molecule has 1 aromatic carbocycles. The molecule has 0 aliphatic heterocycles. The molecule has 0 saturated heterocycles. The first-order valence-corrected chi connectivity index (χ1v) is 7.80. The highest BCUT2D eigenvalue weighted by Crippen LogP contribution is 2.51. The molecule has 0 spiro atoms. The Hall–Kier alpha value is -1.84. The van der Waals surface area contributed by atoms with Gasteiger partial charge < -0.3 is 10.2 Å². The Kier molecular flexibility index (Phi) is 5.75. The van der Waals surface area contributed by atoms with E-state index in [4.69, 9.17) is 0 Å². The van der Waals surface area contributed by atoms with Crippen molar-refractivity contribution < 1.29 is 19.8 Å². The molecule has 0 aliphatic rings. The summed E-state index contributed by atoms with van der Waals surface area (Å²) in [6, 6.07) is 9.20. The van der Waals surface area contributed by atoms with Crippen LogP contribution < -0.4 is 0 Å². The molecule has 0 amide bonds. The van der Waals surface area contributed by atoms with Crippen LogP contribution in [-0.2, 0) is 15.0 Å². The molecule has 0 fully saturated rings. The minimum Gasteiger partial charge on any atom is -0.480 e. The molecular weight excluding hydrogens is 280 g/mol. The number of benzene rings is 1. The summed E-state index contributed by atoms with van der Waals surface area (Å²) in [5.74, 6) is -2.53. The maximum Gasteiger partial charge on any atom is 0.321 e. The summed E-state index contributed by atoms with van der Waals surface area (Å²) in [6.45, 7) is 7.47. The fraction of sp³-hybridized carbons (Fsp3) is 0.556. The van der Waals surface area contributed by atoms with Crippen LogP contribution in [0.1, 0.15) is 52.5 Å². The number of aliphatic carboxylic acids is 2. The Morgan fingerprint density at radius 3 is 1.77 bits per heavy atom. The van der Waals surface area contributed by atoms with Gasteiger partial charge in [0.05, 0.1) is 0 Å². The van der Waals surface area contributed by atoms with Gasteiger partial charge in [-0.05, 0) is 30.7 Å². The second-order valence-corrected chi connectivity index (χ2v) is 6.27. The lowest BCUT2D eigenvalue weighted by molar-refractivity contribution is -0.174.